The zero-order chi connectivity index (χ0) is 13.5. The maximum atomic E-state index is 11.6. The van der Waals surface area contributed by atoms with Gasteiger partial charge in [-0.15, -0.1) is 12.4 Å². The molecule has 0 aliphatic heterocycles. The van der Waals surface area contributed by atoms with Crippen LogP contribution in [0.2, 0.25) is 0 Å². The Morgan fingerprint density at radius 1 is 1.42 bits per heavy atom. The first-order valence-corrected chi connectivity index (χ1v) is 6.32. The standard InChI is InChI=1S/C12H16BrN3O2.ClH/c1-15-6-5-10(17)16-11(12(14)18)8-3-2-4-9(13)7-8;/h2-4,7,11,15H,5-6H2,1H3,(H2,14,18)(H,16,17);1H. The first-order valence-electron chi connectivity index (χ1n) is 5.53. The molecular formula is C12H17BrClN3O2. The molecule has 1 aromatic carbocycles. The Balaban J connectivity index is 0.00000324. The summed E-state index contributed by atoms with van der Waals surface area (Å²) < 4.78 is 0.829. The molecule has 1 unspecified atom stereocenters. The van der Waals surface area contributed by atoms with E-state index in [0.717, 1.165) is 4.47 Å². The first-order chi connectivity index (χ1) is 8.54. The van der Waals surface area contributed by atoms with E-state index in [9.17, 15) is 9.59 Å². The Hall–Kier alpha value is -1.11. The second kappa shape index (κ2) is 8.90. The molecule has 106 valence electrons. The van der Waals surface area contributed by atoms with E-state index in [2.05, 4.69) is 26.6 Å². The van der Waals surface area contributed by atoms with Crippen LogP contribution in [0.15, 0.2) is 28.7 Å². The topological polar surface area (TPSA) is 84.2 Å². The van der Waals surface area contributed by atoms with E-state index in [-0.39, 0.29) is 18.3 Å². The molecule has 1 rings (SSSR count). The van der Waals surface area contributed by atoms with Crippen molar-refractivity contribution in [3.63, 3.8) is 0 Å². The molecule has 19 heavy (non-hydrogen) atoms. The average Bonchev–Trinajstić information content (AvgIpc) is 2.33. The largest absolute Gasteiger partial charge is 0.368 e. The van der Waals surface area contributed by atoms with Crippen LogP contribution in [0.25, 0.3) is 0 Å². The predicted molar refractivity (Wildman–Crippen MR) is 80.0 cm³/mol. The molecule has 0 saturated heterocycles. The summed E-state index contributed by atoms with van der Waals surface area (Å²) in [6.45, 7) is 0.551. The Bertz CT molecular complexity index is 443. The van der Waals surface area contributed by atoms with Crippen LogP contribution in [-0.2, 0) is 9.59 Å². The van der Waals surface area contributed by atoms with Gasteiger partial charge in [-0.25, -0.2) is 0 Å². The molecular weight excluding hydrogens is 334 g/mol. The lowest BCUT2D eigenvalue weighted by molar-refractivity contribution is -0.127. The maximum absolute atomic E-state index is 11.6. The van der Waals surface area contributed by atoms with Crippen molar-refractivity contribution in [2.75, 3.05) is 13.6 Å². The maximum Gasteiger partial charge on any atom is 0.244 e. The fourth-order valence-corrected chi connectivity index (χ4v) is 1.89. The van der Waals surface area contributed by atoms with Crippen molar-refractivity contribution in [2.45, 2.75) is 12.5 Å². The average molecular weight is 351 g/mol. The van der Waals surface area contributed by atoms with Crippen molar-refractivity contribution in [1.29, 1.82) is 0 Å². The van der Waals surface area contributed by atoms with Crippen molar-refractivity contribution in [3.8, 4) is 0 Å². The molecule has 1 aromatic rings. The molecule has 7 heteroatoms. The van der Waals surface area contributed by atoms with Gasteiger partial charge in [0.2, 0.25) is 11.8 Å². The van der Waals surface area contributed by atoms with Gasteiger partial charge in [-0.1, -0.05) is 28.1 Å². The van der Waals surface area contributed by atoms with Crippen LogP contribution in [-0.4, -0.2) is 25.4 Å². The van der Waals surface area contributed by atoms with Crippen molar-refractivity contribution < 1.29 is 9.59 Å². The number of halogens is 2. The monoisotopic (exact) mass is 349 g/mol. The van der Waals surface area contributed by atoms with Crippen molar-refractivity contribution in [2.24, 2.45) is 5.73 Å². The minimum atomic E-state index is -0.799. The molecule has 1 atom stereocenters. The van der Waals surface area contributed by atoms with E-state index >= 15 is 0 Å². The quantitative estimate of drug-likeness (QED) is 0.719. The van der Waals surface area contributed by atoms with Crippen LogP contribution in [0.4, 0.5) is 0 Å². The van der Waals surface area contributed by atoms with Gasteiger partial charge in [0.15, 0.2) is 0 Å². The molecule has 4 N–H and O–H groups in total. The molecule has 0 spiro atoms. The van der Waals surface area contributed by atoms with E-state index in [1.807, 2.05) is 6.07 Å². The molecule has 0 saturated carbocycles. The summed E-state index contributed by atoms with van der Waals surface area (Å²) in [6, 6.07) is 6.33. The second-order valence-electron chi connectivity index (χ2n) is 3.81. The number of hydrogen-bond donors (Lipinski definition) is 3. The number of rotatable bonds is 6. The first kappa shape index (κ1) is 17.9. The lowest BCUT2D eigenvalue weighted by Gasteiger charge is -2.16. The number of nitrogens with one attached hydrogen (secondary N) is 2. The summed E-state index contributed by atoms with van der Waals surface area (Å²) in [6.07, 6.45) is 0.300. The van der Waals surface area contributed by atoms with Gasteiger partial charge >= 0.3 is 0 Å². The van der Waals surface area contributed by atoms with Gasteiger partial charge < -0.3 is 16.4 Å². The van der Waals surface area contributed by atoms with E-state index in [4.69, 9.17) is 5.73 Å². The lowest BCUT2D eigenvalue weighted by Crippen LogP contribution is -2.38. The Labute approximate surface area is 126 Å². The van der Waals surface area contributed by atoms with E-state index in [1.54, 1.807) is 25.2 Å². The molecule has 5 nitrogen and oxygen atoms in total. The van der Waals surface area contributed by atoms with Crippen LogP contribution in [0.3, 0.4) is 0 Å². The number of hydrogen-bond acceptors (Lipinski definition) is 3. The zero-order valence-corrected chi connectivity index (χ0v) is 12.9. The molecule has 0 aliphatic carbocycles. The van der Waals surface area contributed by atoms with E-state index < -0.39 is 11.9 Å². The number of primary amides is 1. The normalized spacial score (nSPS) is 11.3. The van der Waals surface area contributed by atoms with Gasteiger partial charge in [0, 0.05) is 17.4 Å². The van der Waals surface area contributed by atoms with Crippen molar-refractivity contribution >= 4 is 40.2 Å². The summed E-state index contributed by atoms with van der Waals surface area (Å²) >= 11 is 3.31. The number of benzene rings is 1. The molecule has 0 fully saturated rings. The van der Waals surface area contributed by atoms with Gasteiger partial charge in [-0.2, -0.15) is 0 Å². The summed E-state index contributed by atoms with van der Waals surface area (Å²) in [4.78, 5) is 23.0. The fourth-order valence-electron chi connectivity index (χ4n) is 1.48. The molecule has 0 bridgehead atoms. The minimum Gasteiger partial charge on any atom is -0.368 e. The van der Waals surface area contributed by atoms with E-state index in [1.165, 1.54) is 0 Å². The van der Waals surface area contributed by atoms with Crippen LogP contribution in [0, 0.1) is 0 Å². The number of carbonyl (C=O) groups is 2. The number of carbonyl (C=O) groups excluding carboxylic acids is 2. The van der Waals surface area contributed by atoms with Crippen LogP contribution in [0.5, 0.6) is 0 Å². The highest BCUT2D eigenvalue weighted by molar-refractivity contribution is 9.10. The highest BCUT2D eigenvalue weighted by Crippen LogP contribution is 2.18. The Morgan fingerprint density at radius 3 is 2.63 bits per heavy atom. The van der Waals surface area contributed by atoms with Gasteiger partial charge in [-0.3, -0.25) is 9.59 Å². The molecule has 0 aromatic heterocycles. The molecule has 2 amide bonds. The molecule has 0 aliphatic rings. The SMILES string of the molecule is CNCCC(=O)NC(C(N)=O)c1cccc(Br)c1.Cl. The van der Waals surface area contributed by atoms with Gasteiger partial charge in [-0.05, 0) is 24.7 Å². The highest BCUT2D eigenvalue weighted by Gasteiger charge is 2.19. The second-order valence-corrected chi connectivity index (χ2v) is 4.73. The Morgan fingerprint density at radius 2 is 2.11 bits per heavy atom. The number of nitrogens with two attached hydrogens (primary N) is 1. The van der Waals surface area contributed by atoms with Crippen LogP contribution < -0.4 is 16.4 Å². The van der Waals surface area contributed by atoms with Gasteiger partial charge in [0.05, 0.1) is 0 Å². The zero-order valence-electron chi connectivity index (χ0n) is 10.5. The summed E-state index contributed by atoms with van der Waals surface area (Å²) in [7, 11) is 1.76. The fraction of sp³-hybridized carbons (Fsp3) is 0.333. The smallest absolute Gasteiger partial charge is 0.244 e. The van der Waals surface area contributed by atoms with Crippen molar-refractivity contribution in [1.82, 2.24) is 10.6 Å². The van der Waals surface area contributed by atoms with Crippen LogP contribution >= 0.6 is 28.3 Å². The third-order valence-electron chi connectivity index (χ3n) is 2.37. The third-order valence-corrected chi connectivity index (χ3v) is 2.87. The van der Waals surface area contributed by atoms with E-state index in [0.29, 0.717) is 18.5 Å². The highest BCUT2D eigenvalue weighted by atomic mass is 79.9. The van der Waals surface area contributed by atoms with Crippen LogP contribution in [0.1, 0.15) is 18.0 Å². The third kappa shape index (κ3) is 6.04. The summed E-state index contributed by atoms with van der Waals surface area (Å²) in [5, 5.41) is 5.49. The predicted octanol–water partition coefficient (Wildman–Crippen LogP) is 1.12. The summed E-state index contributed by atoms with van der Waals surface area (Å²) in [5.41, 5.74) is 5.97. The Kier molecular flexibility index (Phi) is 8.38. The minimum absolute atomic E-state index is 0. The molecule has 0 heterocycles. The van der Waals surface area contributed by atoms with Crippen molar-refractivity contribution in [3.05, 3.63) is 34.3 Å². The van der Waals surface area contributed by atoms with Gasteiger partial charge in [0.1, 0.15) is 6.04 Å². The number of amides is 2. The van der Waals surface area contributed by atoms with Gasteiger partial charge in [0.25, 0.3) is 0 Å². The lowest BCUT2D eigenvalue weighted by atomic mass is 10.1. The molecule has 0 radical (unpaired) electrons. The summed E-state index contributed by atoms with van der Waals surface area (Å²) in [5.74, 6) is -0.793.